The summed E-state index contributed by atoms with van der Waals surface area (Å²) in [5, 5.41) is 0. The Labute approximate surface area is 139 Å². The summed E-state index contributed by atoms with van der Waals surface area (Å²) in [5.41, 5.74) is 1.07. The van der Waals surface area contributed by atoms with E-state index < -0.39 is 5.82 Å². The van der Waals surface area contributed by atoms with E-state index in [9.17, 15) is 9.18 Å². The number of piperazine rings is 1. The smallest absolute Gasteiger partial charge is 0.246 e. The van der Waals surface area contributed by atoms with E-state index in [0.717, 1.165) is 0 Å². The minimum atomic E-state index is -0.452. The molecule has 3 heterocycles. The molecular formula is C16H18FN5O2. The number of hydrogen-bond acceptors (Lipinski definition) is 6. The Hall–Kier alpha value is -2.77. The fourth-order valence-corrected chi connectivity index (χ4v) is 2.67. The molecule has 24 heavy (non-hydrogen) atoms. The molecule has 0 unspecified atom stereocenters. The Kier molecular flexibility index (Phi) is 4.54. The molecule has 8 heteroatoms. The predicted molar refractivity (Wildman–Crippen MR) is 86.7 cm³/mol. The second-order valence-corrected chi connectivity index (χ2v) is 5.33. The standard InChI is InChI=1S/C16H18FN5O2/c1-3-12-15(17)16(20-10-19-12)21-6-7-22(14(23)9-21)11-4-5-18-13(8-11)24-2/h4-5,8,10H,3,6-7,9H2,1-2H3. The quantitative estimate of drug-likeness (QED) is 0.844. The molecule has 1 saturated heterocycles. The van der Waals surface area contributed by atoms with Gasteiger partial charge in [-0.25, -0.2) is 19.3 Å². The van der Waals surface area contributed by atoms with Crippen LogP contribution in [0.4, 0.5) is 15.9 Å². The third kappa shape index (κ3) is 2.99. The first kappa shape index (κ1) is 16.1. The summed E-state index contributed by atoms with van der Waals surface area (Å²) in [4.78, 5) is 27.8. The van der Waals surface area contributed by atoms with Gasteiger partial charge >= 0.3 is 0 Å². The van der Waals surface area contributed by atoms with Crippen molar-refractivity contribution >= 4 is 17.4 Å². The van der Waals surface area contributed by atoms with E-state index >= 15 is 0 Å². The van der Waals surface area contributed by atoms with Gasteiger partial charge < -0.3 is 14.5 Å². The van der Waals surface area contributed by atoms with Gasteiger partial charge in [-0.2, -0.15) is 0 Å². The van der Waals surface area contributed by atoms with Crippen molar-refractivity contribution in [2.75, 3.05) is 36.5 Å². The second kappa shape index (κ2) is 6.77. The minimum absolute atomic E-state index is 0.0573. The summed E-state index contributed by atoms with van der Waals surface area (Å²) in [6.45, 7) is 2.79. The lowest BCUT2D eigenvalue weighted by Crippen LogP contribution is -2.51. The number of hydrogen-bond donors (Lipinski definition) is 0. The van der Waals surface area contributed by atoms with Gasteiger partial charge in [0, 0.05) is 25.4 Å². The number of aryl methyl sites for hydroxylation is 1. The van der Waals surface area contributed by atoms with Crippen molar-refractivity contribution in [2.45, 2.75) is 13.3 Å². The molecule has 126 valence electrons. The Morgan fingerprint density at radius 2 is 2.12 bits per heavy atom. The van der Waals surface area contributed by atoms with Gasteiger partial charge in [0.15, 0.2) is 11.6 Å². The Morgan fingerprint density at radius 1 is 1.29 bits per heavy atom. The van der Waals surface area contributed by atoms with Gasteiger partial charge in [-0.3, -0.25) is 4.79 Å². The molecule has 0 atom stereocenters. The van der Waals surface area contributed by atoms with Crippen LogP contribution in [0.2, 0.25) is 0 Å². The average Bonchev–Trinajstić information content (AvgIpc) is 2.62. The van der Waals surface area contributed by atoms with Crippen LogP contribution in [0.15, 0.2) is 24.7 Å². The zero-order valence-corrected chi connectivity index (χ0v) is 13.6. The molecule has 1 aliphatic rings. The zero-order chi connectivity index (χ0) is 17.1. The molecule has 0 aliphatic carbocycles. The number of carbonyl (C=O) groups excluding carboxylic acids is 1. The fraction of sp³-hybridized carbons (Fsp3) is 0.375. The lowest BCUT2D eigenvalue weighted by Gasteiger charge is -2.35. The summed E-state index contributed by atoms with van der Waals surface area (Å²) in [7, 11) is 1.52. The van der Waals surface area contributed by atoms with Crippen molar-refractivity contribution in [3.8, 4) is 5.88 Å². The number of pyridine rings is 1. The Morgan fingerprint density at radius 3 is 2.83 bits per heavy atom. The van der Waals surface area contributed by atoms with E-state index in [1.165, 1.54) is 13.4 Å². The van der Waals surface area contributed by atoms with E-state index in [1.54, 1.807) is 28.1 Å². The third-order valence-electron chi connectivity index (χ3n) is 3.94. The number of methoxy groups -OCH3 is 1. The van der Waals surface area contributed by atoms with Crippen molar-refractivity contribution in [1.29, 1.82) is 0 Å². The highest BCUT2D eigenvalue weighted by atomic mass is 19.1. The summed E-state index contributed by atoms with van der Waals surface area (Å²) in [6, 6.07) is 3.45. The number of nitrogens with zero attached hydrogens (tertiary/aromatic N) is 5. The number of halogens is 1. The van der Waals surface area contributed by atoms with Crippen molar-refractivity contribution in [3.05, 3.63) is 36.2 Å². The van der Waals surface area contributed by atoms with Crippen LogP contribution in [0.3, 0.4) is 0 Å². The van der Waals surface area contributed by atoms with Gasteiger partial charge in [-0.15, -0.1) is 0 Å². The van der Waals surface area contributed by atoms with Gasteiger partial charge in [0.1, 0.15) is 6.33 Å². The SMILES string of the molecule is CCc1ncnc(N2CCN(c3ccnc(OC)c3)C(=O)C2)c1F. The van der Waals surface area contributed by atoms with Crippen LogP contribution in [0.25, 0.3) is 0 Å². The second-order valence-electron chi connectivity index (χ2n) is 5.33. The predicted octanol–water partition coefficient (Wildman–Crippen LogP) is 1.43. The van der Waals surface area contributed by atoms with Gasteiger partial charge in [-0.1, -0.05) is 6.92 Å². The van der Waals surface area contributed by atoms with Crippen LogP contribution >= 0.6 is 0 Å². The molecule has 1 fully saturated rings. The van der Waals surface area contributed by atoms with E-state index in [1.807, 2.05) is 6.92 Å². The lowest BCUT2D eigenvalue weighted by molar-refractivity contribution is -0.117. The van der Waals surface area contributed by atoms with Crippen LogP contribution in [-0.4, -0.2) is 47.6 Å². The first-order chi connectivity index (χ1) is 11.6. The van der Waals surface area contributed by atoms with E-state index in [0.29, 0.717) is 36.8 Å². The number of aromatic nitrogens is 3. The molecule has 3 rings (SSSR count). The van der Waals surface area contributed by atoms with Crippen LogP contribution in [-0.2, 0) is 11.2 Å². The van der Waals surface area contributed by atoms with E-state index in [-0.39, 0.29) is 18.3 Å². The van der Waals surface area contributed by atoms with E-state index in [4.69, 9.17) is 4.74 Å². The van der Waals surface area contributed by atoms with Gasteiger partial charge in [-0.05, 0) is 12.5 Å². The van der Waals surface area contributed by atoms with Crippen molar-refractivity contribution in [1.82, 2.24) is 15.0 Å². The van der Waals surface area contributed by atoms with Crippen LogP contribution in [0.1, 0.15) is 12.6 Å². The molecule has 7 nitrogen and oxygen atoms in total. The fourth-order valence-electron chi connectivity index (χ4n) is 2.67. The van der Waals surface area contributed by atoms with Crippen molar-refractivity contribution in [3.63, 3.8) is 0 Å². The number of carbonyl (C=O) groups is 1. The van der Waals surface area contributed by atoms with Crippen LogP contribution < -0.4 is 14.5 Å². The number of rotatable bonds is 4. The topological polar surface area (TPSA) is 71.5 Å². The highest BCUT2D eigenvalue weighted by molar-refractivity contribution is 5.97. The normalized spacial score (nSPS) is 14.9. The largest absolute Gasteiger partial charge is 0.481 e. The zero-order valence-electron chi connectivity index (χ0n) is 13.6. The third-order valence-corrected chi connectivity index (χ3v) is 3.94. The Bertz CT molecular complexity index is 755. The Balaban J connectivity index is 1.79. The number of ether oxygens (including phenoxy) is 1. The lowest BCUT2D eigenvalue weighted by atomic mass is 10.2. The number of anilines is 2. The maximum atomic E-state index is 14.4. The summed E-state index contributed by atoms with van der Waals surface area (Å²) in [5.74, 6) is 0.0386. The molecule has 0 saturated carbocycles. The van der Waals surface area contributed by atoms with Crippen molar-refractivity contribution < 1.29 is 13.9 Å². The monoisotopic (exact) mass is 331 g/mol. The maximum absolute atomic E-state index is 14.4. The molecule has 0 radical (unpaired) electrons. The highest BCUT2D eigenvalue weighted by Crippen LogP contribution is 2.24. The molecule has 0 bridgehead atoms. The van der Waals surface area contributed by atoms with E-state index in [2.05, 4.69) is 15.0 Å². The first-order valence-electron chi connectivity index (χ1n) is 7.68. The van der Waals surface area contributed by atoms with Gasteiger partial charge in [0.05, 0.1) is 25.0 Å². The van der Waals surface area contributed by atoms with Gasteiger partial charge in [0.25, 0.3) is 0 Å². The highest BCUT2D eigenvalue weighted by Gasteiger charge is 2.28. The van der Waals surface area contributed by atoms with Crippen LogP contribution in [0, 0.1) is 5.82 Å². The molecule has 0 N–H and O–H groups in total. The molecule has 1 aliphatic heterocycles. The van der Waals surface area contributed by atoms with Gasteiger partial charge in [0.2, 0.25) is 11.8 Å². The average molecular weight is 331 g/mol. The molecular weight excluding hydrogens is 313 g/mol. The maximum Gasteiger partial charge on any atom is 0.246 e. The summed E-state index contributed by atoms with van der Waals surface area (Å²) in [6.07, 6.45) is 3.40. The van der Waals surface area contributed by atoms with Crippen LogP contribution in [0.5, 0.6) is 5.88 Å². The molecule has 2 aromatic rings. The summed E-state index contributed by atoms with van der Waals surface area (Å²) >= 11 is 0. The minimum Gasteiger partial charge on any atom is -0.481 e. The molecule has 2 aromatic heterocycles. The summed E-state index contributed by atoms with van der Waals surface area (Å²) < 4.78 is 19.5. The molecule has 1 amide bonds. The molecule has 0 spiro atoms. The van der Waals surface area contributed by atoms with Crippen molar-refractivity contribution in [2.24, 2.45) is 0 Å². The first-order valence-corrected chi connectivity index (χ1v) is 7.68. The number of amides is 1. The molecule has 0 aromatic carbocycles.